The van der Waals surface area contributed by atoms with E-state index in [1.807, 2.05) is 6.07 Å². The van der Waals surface area contributed by atoms with Gasteiger partial charge in [-0.25, -0.2) is 0 Å². The average molecular weight is 189 g/mol. The lowest BCUT2D eigenvalue weighted by Gasteiger charge is -2.12. The van der Waals surface area contributed by atoms with Gasteiger partial charge in [0.1, 0.15) is 6.29 Å². The van der Waals surface area contributed by atoms with Gasteiger partial charge in [0.15, 0.2) is 0 Å². The van der Waals surface area contributed by atoms with Crippen LogP contribution in [0.5, 0.6) is 0 Å². The molecule has 1 aliphatic heterocycles. The molecule has 0 aliphatic carbocycles. The number of benzene rings is 1. The summed E-state index contributed by atoms with van der Waals surface area (Å²) in [6, 6.07) is 8.27. The van der Waals surface area contributed by atoms with Gasteiger partial charge in [0.2, 0.25) is 0 Å². The zero-order valence-electron chi connectivity index (χ0n) is 8.20. The quantitative estimate of drug-likeness (QED) is 0.730. The molecule has 1 aromatic carbocycles. The zero-order valence-corrected chi connectivity index (χ0v) is 8.20. The van der Waals surface area contributed by atoms with Gasteiger partial charge in [0.05, 0.1) is 0 Å². The first-order valence-corrected chi connectivity index (χ1v) is 5.14. The first-order chi connectivity index (χ1) is 6.92. The van der Waals surface area contributed by atoms with Crippen LogP contribution in [0.2, 0.25) is 0 Å². The van der Waals surface area contributed by atoms with Crippen LogP contribution < -0.4 is 5.32 Å². The van der Waals surface area contributed by atoms with Crippen molar-refractivity contribution in [2.45, 2.75) is 18.8 Å². The summed E-state index contributed by atoms with van der Waals surface area (Å²) in [5, 5.41) is 3.35. The van der Waals surface area contributed by atoms with Gasteiger partial charge in [0.25, 0.3) is 0 Å². The molecule has 0 aromatic heterocycles. The highest BCUT2D eigenvalue weighted by Gasteiger charge is 2.18. The summed E-state index contributed by atoms with van der Waals surface area (Å²) in [4.78, 5) is 10.5. The number of nitrogens with one attached hydrogen (secondary N) is 1. The van der Waals surface area contributed by atoms with E-state index in [9.17, 15) is 4.79 Å². The van der Waals surface area contributed by atoms with E-state index in [1.54, 1.807) is 0 Å². The molecule has 0 spiro atoms. The average Bonchev–Trinajstić information content (AvgIpc) is 2.72. The van der Waals surface area contributed by atoms with Gasteiger partial charge in [0, 0.05) is 13.0 Å². The smallest absolute Gasteiger partial charge is 0.124 e. The summed E-state index contributed by atoms with van der Waals surface area (Å²) >= 11 is 0. The topological polar surface area (TPSA) is 29.1 Å². The fourth-order valence-electron chi connectivity index (χ4n) is 2.13. The Kier molecular flexibility index (Phi) is 2.94. The summed E-state index contributed by atoms with van der Waals surface area (Å²) in [5.74, 6) is 0.603. The Morgan fingerprint density at radius 3 is 3.00 bits per heavy atom. The maximum absolute atomic E-state index is 10.5. The fourth-order valence-corrected chi connectivity index (χ4v) is 2.13. The van der Waals surface area contributed by atoms with Crippen molar-refractivity contribution in [1.29, 1.82) is 0 Å². The lowest BCUT2D eigenvalue weighted by Crippen LogP contribution is -2.09. The van der Waals surface area contributed by atoms with Crippen molar-refractivity contribution in [2.24, 2.45) is 0 Å². The summed E-state index contributed by atoms with van der Waals surface area (Å²) < 4.78 is 0. The second kappa shape index (κ2) is 4.38. The molecule has 0 amide bonds. The molecule has 14 heavy (non-hydrogen) atoms. The molecule has 1 unspecified atom stereocenters. The number of rotatable bonds is 3. The van der Waals surface area contributed by atoms with Crippen LogP contribution in [0.25, 0.3) is 0 Å². The third-order valence-corrected chi connectivity index (χ3v) is 2.86. The summed E-state index contributed by atoms with van der Waals surface area (Å²) in [7, 11) is 0. The summed E-state index contributed by atoms with van der Waals surface area (Å²) in [6.07, 6.45) is 2.73. The molecule has 0 radical (unpaired) electrons. The molecule has 1 aliphatic rings. The standard InChI is InChI=1S/C12H15NO/c14-8-6-10-3-1-2-4-12(10)11-5-7-13-9-11/h1-4,8,11,13H,5-7,9H2. The molecule has 2 nitrogen and oxygen atoms in total. The maximum Gasteiger partial charge on any atom is 0.124 e. The number of aldehydes is 1. The van der Waals surface area contributed by atoms with Crippen LogP contribution in [0, 0.1) is 0 Å². The van der Waals surface area contributed by atoms with Crippen molar-refractivity contribution in [3.05, 3.63) is 35.4 Å². The lowest BCUT2D eigenvalue weighted by atomic mass is 9.92. The molecule has 0 bridgehead atoms. The minimum Gasteiger partial charge on any atom is -0.316 e. The van der Waals surface area contributed by atoms with Gasteiger partial charge in [-0.3, -0.25) is 0 Å². The van der Waals surface area contributed by atoms with Crippen LogP contribution in [0.1, 0.15) is 23.5 Å². The van der Waals surface area contributed by atoms with Gasteiger partial charge in [-0.2, -0.15) is 0 Å². The van der Waals surface area contributed by atoms with Gasteiger partial charge in [-0.15, -0.1) is 0 Å². The lowest BCUT2D eigenvalue weighted by molar-refractivity contribution is -0.107. The Bertz CT molecular complexity index is 316. The molecule has 1 fully saturated rings. The van der Waals surface area contributed by atoms with Crippen LogP contribution in [-0.4, -0.2) is 19.4 Å². The van der Waals surface area contributed by atoms with E-state index >= 15 is 0 Å². The summed E-state index contributed by atoms with van der Waals surface area (Å²) in [5.41, 5.74) is 2.54. The van der Waals surface area contributed by atoms with E-state index in [1.165, 1.54) is 17.5 Å². The van der Waals surface area contributed by atoms with Crippen molar-refractivity contribution < 1.29 is 4.79 Å². The highest BCUT2D eigenvalue weighted by molar-refractivity contribution is 5.56. The largest absolute Gasteiger partial charge is 0.316 e. The third kappa shape index (κ3) is 1.85. The van der Waals surface area contributed by atoms with Gasteiger partial charge >= 0.3 is 0 Å². The Hall–Kier alpha value is -1.15. The molecule has 1 atom stereocenters. The van der Waals surface area contributed by atoms with Crippen molar-refractivity contribution in [2.75, 3.05) is 13.1 Å². The molecule has 0 saturated carbocycles. The van der Waals surface area contributed by atoms with E-state index in [0.717, 1.165) is 19.4 Å². The van der Waals surface area contributed by atoms with Crippen LogP contribution in [-0.2, 0) is 11.2 Å². The summed E-state index contributed by atoms with van der Waals surface area (Å²) in [6.45, 7) is 2.15. The minimum absolute atomic E-state index is 0.548. The molecule has 2 heteroatoms. The van der Waals surface area contributed by atoms with E-state index in [2.05, 4.69) is 23.5 Å². The van der Waals surface area contributed by atoms with Crippen molar-refractivity contribution in [3.63, 3.8) is 0 Å². The van der Waals surface area contributed by atoms with Crippen LogP contribution in [0.3, 0.4) is 0 Å². The second-order valence-corrected chi connectivity index (χ2v) is 3.76. The normalized spacial score (nSPS) is 21.0. The van der Waals surface area contributed by atoms with Crippen molar-refractivity contribution in [1.82, 2.24) is 5.32 Å². The Morgan fingerprint density at radius 2 is 2.29 bits per heavy atom. The molecule has 1 N–H and O–H groups in total. The van der Waals surface area contributed by atoms with Crippen LogP contribution in [0.4, 0.5) is 0 Å². The van der Waals surface area contributed by atoms with Gasteiger partial charge < -0.3 is 10.1 Å². The van der Waals surface area contributed by atoms with Crippen molar-refractivity contribution >= 4 is 6.29 Å². The molecule has 1 aromatic rings. The Labute approximate surface area is 84.3 Å². The Balaban J connectivity index is 2.25. The van der Waals surface area contributed by atoms with Gasteiger partial charge in [-0.05, 0) is 30.0 Å². The van der Waals surface area contributed by atoms with E-state index in [4.69, 9.17) is 0 Å². The SMILES string of the molecule is O=CCc1ccccc1C1CCNC1. The first-order valence-electron chi connectivity index (χ1n) is 5.14. The Morgan fingerprint density at radius 1 is 1.43 bits per heavy atom. The van der Waals surface area contributed by atoms with Crippen LogP contribution >= 0.6 is 0 Å². The molecule has 74 valence electrons. The second-order valence-electron chi connectivity index (χ2n) is 3.76. The molecule has 1 saturated heterocycles. The van der Waals surface area contributed by atoms with E-state index < -0.39 is 0 Å². The van der Waals surface area contributed by atoms with Crippen LogP contribution in [0.15, 0.2) is 24.3 Å². The zero-order chi connectivity index (χ0) is 9.80. The van der Waals surface area contributed by atoms with E-state index in [0.29, 0.717) is 12.3 Å². The fraction of sp³-hybridized carbons (Fsp3) is 0.417. The number of hydrogen-bond acceptors (Lipinski definition) is 2. The minimum atomic E-state index is 0.548. The van der Waals surface area contributed by atoms with Crippen molar-refractivity contribution in [3.8, 4) is 0 Å². The number of hydrogen-bond donors (Lipinski definition) is 1. The number of carbonyl (C=O) groups excluding carboxylic acids is 1. The van der Waals surface area contributed by atoms with E-state index in [-0.39, 0.29) is 0 Å². The highest BCUT2D eigenvalue weighted by atomic mass is 16.1. The number of carbonyl (C=O) groups is 1. The first kappa shape index (κ1) is 9.41. The molecule has 2 rings (SSSR count). The monoisotopic (exact) mass is 189 g/mol. The predicted molar refractivity (Wildman–Crippen MR) is 56.4 cm³/mol. The predicted octanol–water partition coefficient (Wildman–Crippen LogP) is 1.50. The molecular weight excluding hydrogens is 174 g/mol. The maximum atomic E-state index is 10.5. The molecular formula is C12H15NO. The highest BCUT2D eigenvalue weighted by Crippen LogP contribution is 2.25. The van der Waals surface area contributed by atoms with Gasteiger partial charge in [-0.1, -0.05) is 24.3 Å². The third-order valence-electron chi connectivity index (χ3n) is 2.86. The molecule has 1 heterocycles.